The molecule has 0 spiro atoms. The van der Waals surface area contributed by atoms with Crippen molar-refractivity contribution >= 4 is 17.8 Å². The van der Waals surface area contributed by atoms with Crippen molar-refractivity contribution in [1.29, 1.82) is 0 Å². The van der Waals surface area contributed by atoms with Crippen molar-refractivity contribution in [2.45, 2.75) is 20.8 Å². The summed E-state index contributed by atoms with van der Waals surface area (Å²) in [4.78, 5) is 25.0. The third-order valence-electron chi connectivity index (χ3n) is 1.10. The van der Waals surface area contributed by atoms with Crippen molar-refractivity contribution < 1.29 is 19.1 Å². The fourth-order valence-corrected chi connectivity index (χ4v) is 0.574. The molecule has 0 aromatic carbocycles. The number of carbonyl (C=O) groups excluding carboxylic acids is 2. The van der Waals surface area contributed by atoms with Crippen LogP contribution in [-0.2, 0) is 14.3 Å². The standard InChI is InChI=1S/C8H13NO4/c1-4-12-7(10)6(3)9-8(11)13-5-2/h4-5H2,1-3H3. The molecule has 0 bridgehead atoms. The summed E-state index contributed by atoms with van der Waals surface area (Å²) in [7, 11) is 0. The van der Waals surface area contributed by atoms with Crippen LogP contribution in [0.25, 0.3) is 0 Å². The predicted octanol–water partition coefficient (Wildman–Crippen LogP) is 1.17. The lowest BCUT2D eigenvalue weighted by atomic mass is 10.4. The minimum absolute atomic E-state index is 0.000278. The number of hydrogen-bond acceptors (Lipinski definition) is 4. The quantitative estimate of drug-likeness (QED) is 0.491. The normalized spacial score (nSPS) is 10.8. The van der Waals surface area contributed by atoms with Crippen molar-refractivity contribution in [2.24, 2.45) is 4.99 Å². The average molecular weight is 187 g/mol. The number of aliphatic imine (C=N–C) groups is 1. The average Bonchev–Trinajstić information content (AvgIpc) is 2.05. The first-order valence-corrected chi connectivity index (χ1v) is 4.01. The van der Waals surface area contributed by atoms with Crippen LogP contribution in [0.15, 0.2) is 4.99 Å². The van der Waals surface area contributed by atoms with Crippen molar-refractivity contribution in [2.75, 3.05) is 13.2 Å². The lowest BCUT2D eigenvalue weighted by Crippen LogP contribution is -2.16. The molecule has 5 heteroatoms. The molecular weight excluding hydrogens is 174 g/mol. The van der Waals surface area contributed by atoms with Gasteiger partial charge >= 0.3 is 12.1 Å². The second-order valence-corrected chi connectivity index (χ2v) is 2.12. The summed E-state index contributed by atoms with van der Waals surface area (Å²) in [5.74, 6) is -0.601. The summed E-state index contributed by atoms with van der Waals surface area (Å²) >= 11 is 0. The van der Waals surface area contributed by atoms with E-state index in [0.717, 1.165) is 0 Å². The smallest absolute Gasteiger partial charge is 0.434 e. The topological polar surface area (TPSA) is 65.0 Å². The molecule has 0 radical (unpaired) electrons. The molecule has 0 fully saturated rings. The molecule has 5 nitrogen and oxygen atoms in total. The van der Waals surface area contributed by atoms with Crippen LogP contribution in [0.2, 0.25) is 0 Å². The number of hydrogen-bond donors (Lipinski definition) is 0. The minimum atomic E-state index is -0.770. The molecule has 0 aliphatic rings. The Bertz CT molecular complexity index is 222. The molecule has 0 aliphatic heterocycles. The second kappa shape index (κ2) is 6.16. The van der Waals surface area contributed by atoms with Crippen molar-refractivity contribution in [3.63, 3.8) is 0 Å². The van der Waals surface area contributed by atoms with Gasteiger partial charge in [0.05, 0.1) is 13.2 Å². The second-order valence-electron chi connectivity index (χ2n) is 2.12. The third kappa shape index (κ3) is 4.95. The Hall–Kier alpha value is -1.39. The third-order valence-corrected chi connectivity index (χ3v) is 1.10. The summed E-state index contributed by atoms with van der Waals surface area (Å²) in [5.41, 5.74) is 0.000278. The largest absolute Gasteiger partial charge is 0.462 e. The Morgan fingerprint density at radius 1 is 1.15 bits per heavy atom. The number of rotatable bonds is 3. The fraction of sp³-hybridized carbons (Fsp3) is 0.625. The Labute approximate surface area is 76.7 Å². The van der Waals surface area contributed by atoms with E-state index in [1.54, 1.807) is 13.8 Å². The van der Waals surface area contributed by atoms with Gasteiger partial charge in [-0.1, -0.05) is 0 Å². The fourth-order valence-electron chi connectivity index (χ4n) is 0.574. The summed E-state index contributed by atoms with van der Waals surface area (Å²) in [5, 5.41) is 0. The maximum Gasteiger partial charge on any atom is 0.434 e. The van der Waals surface area contributed by atoms with Crippen LogP contribution in [0.3, 0.4) is 0 Å². The number of carbonyl (C=O) groups is 2. The SMILES string of the molecule is CCOC(=O)N=C(C)C(=O)OCC. The van der Waals surface area contributed by atoms with Gasteiger partial charge in [0.15, 0.2) is 0 Å². The highest BCUT2D eigenvalue weighted by Crippen LogP contribution is 1.89. The van der Waals surface area contributed by atoms with E-state index in [1.165, 1.54) is 6.92 Å². The van der Waals surface area contributed by atoms with Gasteiger partial charge in [-0.15, -0.1) is 0 Å². The molecule has 0 saturated heterocycles. The molecular formula is C8H13NO4. The van der Waals surface area contributed by atoms with Crippen LogP contribution >= 0.6 is 0 Å². The van der Waals surface area contributed by atoms with Crippen LogP contribution in [0, 0.1) is 0 Å². The zero-order valence-corrected chi connectivity index (χ0v) is 7.99. The number of ether oxygens (including phenoxy) is 2. The molecule has 0 rings (SSSR count). The number of esters is 1. The first-order valence-electron chi connectivity index (χ1n) is 4.01. The lowest BCUT2D eigenvalue weighted by Gasteiger charge is -2.00. The first kappa shape index (κ1) is 11.6. The maximum absolute atomic E-state index is 10.9. The lowest BCUT2D eigenvalue weighted by molar-refractivity contribution is -0.135. The Kier molecular flexibility index (Phi) is 5.50. The van der Waals surface area contributed by atoms with E-state index in [-0.39, 0.29) is 18.9 Å². The molecule has 0 heterocycles. The van der Waals surface area contributed by atoms with Gasteiger partial charge in [-0.05, 0) is 20.8 Å². The summed E-state index contributed by atoms with van der Waals surface area (Å²) < 4.78 is 9.11. The molecule has 0 atom stereocenters. The van der Waals surface area contributed by atoms with Gasteiger partial charge in [0.2, 0.25) is 0 Å². The van der Waals surface area contributed by atoms with Gasteiger partial charge in [0.25, 0.3) is 0 Å². The van der Waals surface area contributed by atoms with Gasteiger partial charge in [0.1, 0.15) is 5.71 Å². The molecule has 0 aromatic heterocycles. The minimum Gasteiger partial charge on any atom is -0.462 e. The van der Waals surface area contributed by atoms with Gasteiger partial charge in [0, 0.05) is 0 Å². The summed E-state index contributed by atoms with van der Waals surface area (Å²) in [6.07, 6.45) is -0.770. The van der Waals surface area contributed by atoms with Crippen molar-refractivity contribution in [3.8, 4) is 0 Å². The number of amides is 1. The molecule has 1 amide bonds. The van der Waals surface area contributed by atoms with Crippen LogP contribution in [0.5, 0.6) is 0 Å². The molecule has 13 heavy (non-hydrogen) atoms. The summed E-state index contributed by atoms with van der Waals surface area (Å²) in [6, 6.07) is 0. The highest BCUT2D eigenvalue weighted by molar-refractivity contribution is 6.36. The highest BCUT2D eigenvalue weighted by atomic mass is 16.5. The molecule has 0 aliphatic carbocycles. The molecule has 74 valence electrons. The van der Waals surface area contributed by atoms with E-state index in [4.69, 9.17) is 0 Å². The van der Waals surface area contributed by atoms with Crippen molar-refractivity contribution in [1.82, 2.24) is 0 Å². The first-order chi connectivity index (χ1) is 6.11. The Morgan fingerprint density at radius 3 is 2.15 bits per heavy atom. The van der Waals surface area contributed by atoms with E-state index in [1.807, 2.05) is 0 Å². The van der Waals surface area contributed by atoms with Gasteiger partial charge < -0.3 is 9.47 Å². The zero-order valence-electron chi connectivity index (χ0n) is 7.99. The van der Waals surface area contributed by atoms with Crippen LogP contribution in [0.1, 0.15) is 20.8 Å². The predicted molar refractivity (Wildman–Crippen MR) is 46.8 cm³/mol. The number of nitrogens with zero attached hydrogens (tertiary/aromatic N) is 1. The van der Waals surface area contributed by atoms with Crippen LogP contribution in [0.4, 0.5) is 4.79 Å². The maximum atomic E-state index is 10.9. The summed E-state index contributed by atoms with van der Waals surface area (Å²) in [6.45, 7) is 5.23. The zero-order chi connectivity index (χ0) is 10.3. The molecule has 0 aromatic rings. The Balaban J connectivity index is 4.14. The molecule has 0 saturated carbocycles. The Morgan fingerprint density at radius 2 is 1.69 bits per heavy atom. The van der Waals surface area contributed by atoms with Gasteiger partial charge in [-0.25, -0.2) is 9.59 Å². The van der Waals surface area contributed by atoms with E-state index in [0.29, 0.717) is 0 Å². The van der Waals surface area contributed by atoms with E-state index < -0.39 is 12.1 Å². The van der Waals surface area contributed by atoms with E-state index >= 15 is 0 Å². The molecule has 0 N–H and O–H groups in total. The van der Waals surface area contributed by atoms with Crippen molar-refractivity contribution in [3.05, 3.63) is 0 Å². The van der Waals surface area contributed by atoms with Crippen LogP contribution < -0.4 is 0 Å². The highest BCUT2D eigenvalue weighted by Gasteiger charge is 2.08. The molecule has 0 unspecified atom stereocenters. The van der Waals surface area contributed by atoms with E-state index in [2.05, 4.69) is 14.5 Å². The monoisotopic (exact) mass is 187 g/mol. The van der Waals surface area contributed by atoms with Gasteiger partial charge in [-0.3, -0.25) is 0 Å². The van der Waals surface area contributed by atoms with Gasteiger partial charge in [-0.2, -0.15) is 4.99 Å². The van der Waals surface area contributed by atoms with Crippen LogP contribution in [-0.4, -0.2) is 31.0 Å². The van der Waals surface area contributed by atoms with E-state index in [9.17, 15) is 9.59 Å².